The molecule has 0 bridgehead atoms. The fourth-order valence-corrected chi connectivity index (χ4v) is 2.45. The highest BCUT2D eigenvalue weighted by molar-refractivity contribution is 7.15. The number of rotatable bonds is 4. The summed E-state index contributed by atoms with van der Waals surface area (Å²) in [5.41, 5.74) is 1.19. The van der Waals surface area contributed by atoms with Crippen LogP contribution >= 0.6 is 11.3 Å². The molecule has 0 atom stereocenters. The minimum absolute atomic E-state index is 0.0138. The van der Waals surface area contributed by atoms with E-state index in [0.717, 1.165) is 11.8 Å². The second-order valence-electron chi connectivity index (χ2n) is 3.88. The molecule has 0 aliphatic heterocycles. The first-order valence-electron chi connectivity index (χ1n) is 5.60. The molecule has 2 aromatic heterocycles. The molecule has 0 aliphatic rings. The van der Waals surface area contributed by atoms with Gasteiger partial charge in [-0.1, -0.05) is 12.1 Å². The van der Waals surface area contributed by atoms with E-state index in [1.807, 2.05) is 5.38 Å². The van der Waals surface area contributed by atoms with Gasteiger partial charge >= 0.3 is 0 Å². The Balaban J connectivity index is 1.95. The number of fused-ring (bicyclic) bond motifs is 1. The molecule has 0 saturated heterocycles. The molecule has 0 unspecified atom stereocenters. The number of hydrogen-bond donors (Lipinski definition) is 1. The molecule has 3 aromatic rings. The third-order valence-corrected chi connectivity index (χ3v) is 3.45. The van der Waals surface area contributed by atoms with Crippen molar-refractivity contribution in [2.45, 2.75) is 6.61 Å². The summed E-state index contributed by atoms with van der Waals surface area (Å²) in [7, 11) is 0. The number of imidazole rings is 1. The molecule has 19 heavy (non-hydrogen) atoms. The molecular weight excluding hydrogens is 264 g/mol. The Kier molecular flexibility index (Phi) is 3.02. The molecule has 1 N–H and O–H groups in total. The van der Waals surface area contributed by atoms with E-state index in [-0.39, 0.29) is 6.61 Å². The van der Waals surface area contributed by atoms with Crippen molar-refractivity contribution in [3.63, 3.8) is 0 Å². The van der Waals surface area contributed by atoms with E-state index < -0.39 is 0 Å². The molecule has 0 saturated carbocycles. The van der Waals surface area contributed by atoms with Crippen LogP contribution in [0, 0.1) is 0 Å². The minimum atomic E-state index is -0.0138. The van der Waals surface area contributed by atoms with E-state index in [9.17, 15) is 4.79 Å². The Bertz CT molecular complexity index is 715. The molecule has 0 amide bonds. The lowest BCUT2D eigenvalue weighted by Gasteiger charge is -2.03. The fourth-order valence-electron chi connectivity index (χ4n) is 1.74. The maximum absolute atomic E-state index is 11.1. The van der Waals surface area contributed by atoms with Gasteiger partial charge in [0.1, 0.15) is 5.75 Å². The minimum Gasteiger partial charge on any atom is -0.437 e. The predicted octanol–water partition coefficient (Wildman–Crippen LogP) is 2.49. The van der Waals surface area contributed by atoms with E-state index in [1.165, 1.54) is 11.3 Å². The van der Waals surface area contributed by atoms with Crippen LogP contribution in [0.5, 0.6) is 11.6 Å². The molecule has 96 valence electrons. The normalized spacial score (nSPS) is 10.8. The van der Waals surface area contributed by atoms with Gasteiger partial charge in [0, 0.05) is 11.6 Å². The molecule has 3 rings (SSSR count). The largest absolute Gasteiger partial charge is 0.437 e. The summed E-state index contributed by atoms with van der Waals surface area (Å²) < 4.78 is 7.29. The number of hydrogen-bond acceptors (Lipinski definition) is 5. The Morgan fingerprint density at radius 1 is 1.37 bits per heavy atom. The van der Waals surface area contributed by atoms with Gasteiger partial charge in [-0.05, 0) is 17.7 Å². The van der Waals surface area contributed by atoms with Crippen LogP contribution in [0.2, 0.25) is 0 Å². The monoisotopic (exact) mass is 274 g/mol. The van der Waals surface area contributed by atoms with Gasteiger partial charge in [0.05, 0.1) is 6.61 Å². The van der Waals surface area contributed by atoms with E-state index in [1.54, 1.807) is 34.9 Å². The van der Waals surface area contributed by atoms with Crippen molar-refractivity contribution in [3.05, 3.63) is 47.1 Å². The SMILES string of the molecule is O=Cc1c(Oc2ccc(CO)cc2)nc2sccn12. The summed E-state index contributed by atoms with van der Waals surface area (Å²) in [5, 5.41) is 10.8. The van der Waals surface area contributed by atoms with Crippen molar-refractivity contribution in [2.75, 3.05) is 0 Å². The summed E-state index contributed by atoms with van der Waals surface area (Å²) in [6, 6.07) is 6.98. The van der Waals surface area contributed by atoms with Gasteiger partial charge < -0.3 is 9.84 Å². The zero-order chi connectivity index (χ0) is 13.2. The first-order valence-corrected chi connectivity index (χ1v) is 6.48. The van der Waals surface area contributed by atoms with Crippen molar-refractivity contribution in [2.24, 2.45) is 0 Å². The van der Waals surface area contributed by atoms with Gasteiger partial charge in [0.15, 0.2) is 16.9 Å². The number of carbonyl (C=O) groups excluding carboxylic acids is 1. The Morgan fingerprint density at radius 2 is 2.16 bits per heavy atom. The molecule has 0 fully saturated rings. The van der Waals surface area contributed by atoms with Gasteiger partial charge in [0.25, 0.3) is 0 Å². The lowest BCUT2D eigenvalue weighted by atomic mass is 10.2. The first kappa shape index (κ1) is 11.9. The predicted molar refractivity (Wildman–Crippen MR) is 70.9 cm³/mol. The van der Waals surface area contributed by atoms with Crippen molar-refractivity contribution in [1.82, 2.24) is 9.38 Å². The number of aromatic nitrogens is 2. The van der Waals surface area contributed by atoms with Crippen molar-refractivity contribution >= 4 is 22.6 Å². The van der Waals surface area contributed by atoms with E-state index in [0.29, 0.717) is 22.3 Å². The number of benzene rings is 1. The molecule has 5 nitrogen and oxygen atoms in total. The highest BCUT2D eigenvalue weighted by Crippen LogP contribution is 2.26. The highest BCUT2D eigenvalue weighted by Gasteiger charge is 2.14. The number of carbonyl (C=O) groups is 1. The van der Waals surface area contributed by atoms with Crippen molar-refractivity contribution in [1.29, 1.82) is 0 Å². The average molecular weight is 274 g/mol. The zero-order valence-electron chi connectivity index (χ0n) is 9.81. The molecule has 1 aromatic carbocycles. The maximum Gasteiger partial charge on any atom is 0.250 e. The van der Waals surface area contributed by atoms with Crippen LogP contribution in [0.4, 0.5) is 0 Å². The van der Waals surface area contributed by atoms with Crippen molar-refractivity contribution < 1.29 is 14.6 Å². The molecular formula is C13H10N2O3S. The topological polar surface area (TPSA) is 63.8 Å². The third-order valence-electron chi connectivity index (χ3n) is 2.70. The van der Waals surface area contributed by atoms with E-state index in [4.69, 9.17) is 9.84 Å². The van der Waals surface area contributed by atoms with Crippen LogP contribution in [-0.4, -0.2) is 20.8 Å². The van der Waals surface area contributed by atoms with Gasteiger partial charge in [0.2, 0.25) is 5.88 Å². The van der Waals surface area contributed by atoms with Crippen LogP contribution in [0.25, 0.3) is 4.96 Å². The van der Waals surface area contributed by atoms with Crippen LogP contribution in [-0.2, 0) is 6.61 Å². The standard InChI is InChI=1S/C13H10N2O3S/c16-7-9-1-3-10(4-2-9)18-12-11(8-17)15-5-6-19-13(15)14-12/h1-6,8,16H,7H2. The number of aliphatic hydroxyl groups excluding tert-OH is 1. The number of ether oxygens (including phenoxy) is 1. The van der Waals surface area contributed by atoms with Crippen LogP contribution in [0.3, 0.4) is 0 Å². The summed E-state index contributed by atoms with van der Waals surface area (Å²) in [5.74, 6) is 0.865. The number of nitrogens with zero attached hydrogens (tertiary/aromatic N) is 2. The summed E-state index contributed by atoms with van der Waals surface area (Å²) >= 11 is 1.43. The molecule has 0 aliphatic carbocycles. The number of aliphatic hydroxyl groups is 1. The first-order chi connectivity index (χ1) is 9.31. The second-order valence-corrected chi connectivity index (χ2v) is 4.75. The molecule has 6 heteroatoms. The second kappa shape index (κ2) is 4.83. The smallest absolute Gasteiger partial charge is 0.250 e. The van der Waals surface area contributed by atoms with Crippen LogP contribution < -0.4 is 4.74 Å². The summed E-state index contributed by atoms with van der Waals surface area (Å²) in [6.07, 6.45) is 2.50. The molecule has 0 spiro atoms. The van der Waals surface area contributed by atoms with Gasteiger partial charge in [-0.2, -0.15) is 4.98 Å². The van der Waals surface area contributed by atoms with E-state index in [2.05, 4.69) is 4.98 Å². The van der Waals surface area contributed by atoms with Gasteiger partial charge in [-0.25, -0.2) is 0 Å². The zero-order valence-corrected chi connectivity index (χ0v) is 10.6. The van der Waals surface area contributed by atoms with E-state index >= 15 is 0 Å². The molecule has 0 radical (unpaired) electrons. The number of aldehydes is 1. The molecule has 2 heterocycles. The van der Waals surface area contributed by atoms with Crippen molar-refractivity contribution in [3.8, 4) is 11.6 Å². The Hall–Kier alpha value is -2.18. The lowest BCUT2D eigenvalue weighted by molar-refractivity contribution is 0.111. The fraction of sp³-hybridized carbons (Fsp3) is 0.0769. The third kappa shape index (κ3) is 2.11. The Morgan fingerprint density at radius 3 is 2.84 bits per heavy atom. The van der Waals surface area contributed by atoms with Gasteiger partial charge in [-0.3, -0.25) is 9.20 Å². The maximum atomic E-state index is 11.1. The van der Waals surface area contributed by atoms with Crippen LogP contribution in [0.1, 0.15) is 16.1 Å². The average Bonchev–Trinajstić information content (AvgIpc) is 3.00. The Labute approximate surface area is 112 Å². The quantitative estimate of drug-likeness (QED) is 0.742. The van der Waals surface area contributed by atoms with Gasteiger partial charge in [-0.15, -0.1) is 11.3 Å². The number of thiazole rings is 1. The highest BCUT2D eigenvalue weighted by atomic mass is 32.1. The van der Waals surface area contributed by atoms with Crippen LogP contribution in [0.15, 0.2) is 35.8 Å². The summed E-state index contributed by atoms with van der Waals surface area (Å²) in [6.45, 7) is -0.0138. The lowest BCUT2D eigenvalue weighted by Crippen LogP contribution is -1.92. The summed E-state index contributed by atoms with van der Waals surface area (Å²) in [4.78, 5) is 16.1.